The molecule has 1 heterocycles. The number of hydrogen-bond acceptors (Lipinski definition) is 4. The van der Waals surface area contributed by atoms with Gasteiger partial charge in [0.2, 0.25) is 5.69 Å². The van der Waals surface area contributed by atoms with E-state index in [0.717, 1.165) is 13.0 Å². The first kappa shape index (κ1) is 12.0. The molecule has 0 bridgehead atoms. The molecule has 1 aromatic heterocycles. The van der Waals surface area contributed by atoms with Crippen molar-refractivity contribution in [3.05, 3.63) is 33.0 Å². The van der Waals surface area contributed by atoms with E-state index in [1.807, 2.05) is 0 Å². The topological polar surface area (TPSA) is 99.1 Å². The van der Waals surface area contributed by atoms with Crippen LogP contribution >= 0.6 is 0 Å². The van der Waals surface area contributed by atoms with Gasteiger partial charge in [-0.25, -0.2) is 8.78 Å². The number of amides is 1. The van der Waals surface area contributed by atoms with Gasteiger partial charge >= 0.3 is 5.82 Å². The van der Waals surface area contributed by atoms with Gasteiger partial charge in [-0.15, -0.1) is 0 Å². The fourth-order valence-corrected chi connectivity index (χ4v) is 1.15. The molecular weight excluding hydrogens is 224 g/mol. The van der Waals surface area contributed by atoms with Gasteiger partial charge in [-0.3, -0.25) is 4.79 Å². The predicted octanol–water partition coefficient (Wildman–Crippen LogP) is 1.33. The van der Waals surface area contributed by atoms with Gasteiger partial charge in [-0.2, -0.15) is 0 Å². The number of nitro groups is 1. The van der Waals surface area contributed by atoms with Crippen LogP contribution in [0.4, 0.5) is 14.6 Å². The van der Waals surface area contributed by atoms with Crippen molar-refractivity contribution in [2.24, 2.45) is 5.73 Å². The van der Waals surface area contributed by atoms with Crippen molar-refractivity contribution >= 4 is 11.7 Å². The lowest BCUT2D eigenvalue weighted by molar-refractivity contribution is -0.390. The summed E-state index contributed by atoms with van der Waals surface area (Å²) in [5, 5.41) is 10.5. The van der Waals surface area contributed by atoms with Crippen LogP contribution in [0.15, 0.2) is 6.07 Å². The lowest BCUT2D eigenvalue weighted by atomic mass is 10.1. The van der Waals surface area contributed by atoms with Gasteiger partial charge in [0.15, 0.2) is 0 Å². The third kappa shape index (κ3) is 2.10. The molecule has 0 fully saturated rings. The highest BCUT2D eigenvalue weighted by molar-refractivity contribution is 5.91. The van der Waals surface area contributed by atoms with Crippen molar-refractivity contribution in [3.8, 4) is 0 Å². The van der Waals surface area contributed by atoms with Crippen molar-refractivity contribution in [2.75, 3.05) is 0 Å². The molecule has 0 aromatic carbocycles. The maximum Gasteiger partial charge on any atom is 0.367 e. The number of carbonyl (C=O) groups excluding carboxylic acids is 1. The fourth-order valence-electron chi connectivity index (χ4n) is 1.15. The maximum atomic E-state index is 12.5. The van der Waals surface area contributed by atoms with Crippen LogP contribution in [0.25, 0.3) is 0 Å². The maximum absolute atomic E-state index is 12.5. The molecule has 8 heteroatoms. The molecule has 1 aromatic rings. The number of carbonyl (C=O) groups is 1. The van der Waals surface area contributed by atoms with E-state index >= 15 is 0 Å². The second kappa shape index (κ2) is 4.17. The second-order valence-corrected chi connectivity index (χ2v) is 2.97. The first-order chi connectivity index (χ1) is 7.34. The Morgan fingerprint density at radius 1 is 1.62 bits per heavy atom. The summed E-state index contributed by atoms with van der Waals surface area (Å²) < 4.78 is 25.0. The van der Waals surface area contributed by atoms with E-state index in [9.17, 15) is 23.7 Å². The van der Waals surface area contributed by atoms with E-state index in [4.69, 9.17) is 5.73 Å². The Kier molecular flexibility index (Phi) is 3.11. The molecule has 2 N–H and O–H groups in total. The Morgan fingerprint density at radius 2 is 2.19 bits per heavy atom. The smallest absolute Gasteiger partial charge is 0.362 e. The number of nitrogens with zero attached hydrogens (tertiary/aromatic N) is 2. The quantitative estimate of drug-likeness (QED) is 0.626. The summed E-state index contributed by atoms with van der Waals surface area (Å²) in [5.74, 6) is -1.88. The molecule has 0 saturated heterocycles. The Labute approximate surface area is 88.2 Å². The van der Waals surface area contributed by atoms with E-state index in [1.54, 1.807) is 0 Å². The van der Waals surface area contributed by atoms with Crippen LogP contribution in [-0.4, -0.2) is 15.8 Å². The normalized spacial score (nSPS) is 10.5. The molecular formula is C8H7F2N3O3. The van der Waals surface area contributed by atoms with E-state index in [-0.39, 0.29) is 5.56 Å². The summed E-state index contributed by atoms with van der Waals surface area (Å²) in [7, 11) is 0. The molecule has 0 aliphatic rings. The molecule has 0 radical (unpaired) electrons. The van der Waals surface area contributed by atoms with Crippen molar-refractivity contribution in [1.82, 2.24) is 4.98 Å². The van der Waals surface area contributed by atoms with Crippen LogP contribution in [0.3, 0.4) is 0 Å². The van der Waals surface area contributed by atoms with E-state index in [1.165, 1.54) is 0 Å². The number of halogens is 2. The molecule has 0 atom stereocenters. The minimum absolute atomic E-state index is 0.273. The molecule has 86 valence electrons. The Balaban J connectivity index is 3.51. The van der Waals surface area contributed by atoms with Gasteiger partial charge in [0, 0.05) is 11.6 Å². The SMILES string of the molecule is Cc1c(C(F)F)cc(C(N)=O)nc1[N+](=O)[O-]. The van der Waals surface area contributed by atoms with E-state index < -0.39 is 34.3 Å². The molecule has 0 unspecified atom stereocenters. The lowest BCUT2D eigenvalue weighted by Crippen LogP contribution is -2.15. The summed E-state index contributed by atoms with van der Waals surface area (Å²) >= 11 is 0. The molecule has 0 aliphatic carbocycles. The summed E-state index contributed by atoms with van der Waals surface area (Å²) in [4.78, 5) is 23.6. The van der Waals surface area contributed by atoms with Crippen molar-refractivity contribution in [3.63, 3.8) is 0 Å². The minimum atomic E-state index is -2.93. The molecule has 0 aliphatic heterocycles. The number of hydrogen-bond donors (Lipinski definition) is 1. The summed E-state index contributed by atoms with van der Waals surface area (Å²) in [6, 6.07) is 0.759. The van der Waals surface area contributed by atoms with Gasteiger partial charge in [-0.05, 0) is 16.8 Å². The lowest BCUT2D eigenvalue weighted by Gasteiger charge is -2.05. The second-order valence-electron chi connectivity index (χ2n) is 2.97. The summed E-state index contributed by atoms with van der Waals surface area (Å²) in [5.41, 5.74) is 3.40. The van der Waals surface area contributed by atoms with Crippen molar-refractivity contribution in [1.29, 1.82) is 0 Å². The van der Waals surface area contributed by atoms with Gasteiger partial charge < -0.3 is 15.8 Å². The van der Waals surface area contributed by atoms with Gasteiger partial charge in [-0.1, -0.05) is 0 Å². The third-order valence-corrected chi connectivity index (χ3v) is 1.95. The number of aromatic nitrogens is 1. The largest absolute Gasteiger partial charge is 0.367 e. The van der Waals surface area contributed by atoms with Gasteiger partial charge in [0.05, 0.1) is 5.56 Å². The Hall–Kier alpha value is -2.12. The average Bonchev–Trinajstić information content (AvgIpc) is 2.16. The Morgan fingerprint density at radius 3 is 2.56 bits per heavy atom. The molecule has 1 rings (SSSR count). The van der Waals surface area contributed by atoms with Crippen molar-refractivity contribution < 1.29 is 18.5 Å². The highest BCUT2D eigenvalue weighted by Crippen LogP contribution is 2.28. The number of nitrogens with two attached hydrogens (primary N) is 1. The van der Waals surface area contributed by atoms with Crippen LogP contribution < -0.4 is 5.73 Å². The highest BCUT2D eigenvalue weighted by atomic mass is 19.3. The zero-order chi connectivity index (χ0) is 12.5. The van der Waals surface area contributed by atoms with E-state index in [0.29, 0.717) is 0 Å². The molecule has 6 nitrogen and oxygen atoms in total. The minimum Gasteiger partial charge on any atom is -0.362 e. The van der Waals surface area contributed by atoms with Crippen LogP contribution in [-0.2, 0) is 0 Å². The fraction of sp³-hybridized carbons (Fsp3) is 0.250. The molecule has 16 heavy (non-hydrogen) atoms. The Bertz CT molecular complexity index is 462. The van der Waals surface area contributed by atoms with Crippen LogP contribution in [0.5, 0.6) is 0 Å². The first-order valence-electron chi connectivity index (χ1n) is 4.08. The van der Waals surface area contributed by atoms with Crippen molar-refractivity contribution in [2.45, 2.75) is 13.3 Å². The standard InChI is InChI=1S/C8H7F2N3O3/c1-3-4(6(9)10)2-5(7(11)14)12-8(3)13(15)16/h2,6H,1H3,(H2,11,14). The van der Waals surface area contributed by atoms with Crippen LogP contribution in [0, 0.1) is 17.0 Å². The van der Waals surface area contributed by atoms with Gasteiger partial charge in [0.25, 0.3) is 12.3 Å². The first-order valence-corrected chi connectivity index (χ1v) is 4.08. The summed E-state index contributed by atoms with van der Waals surface area (Å²) in [6.07, 6.45) is -2.93. The summed E-state index contributed by atoms with van der Waals surface area (Å²) in [6.45, 7) is 1.14. The molecule has 1 amide bonds. The number of primary amides is 1. The number of rotatable bonds is 3. The number of pyridine rings is 1. The highest BCUT2D eigenvalue weighted by Gasteiger charge is 2.25. The van der Waals surface area contributed by atoms with Crippen LogP contribution in [0.2, 0.25) is 0 Å². The average molecular weight is 231 g/mol. The number of alkyl halides is 2. The molecule has 0 saturated carbocycles. The van der Waals surface area contributed by atoms with Crippen LogP contribution in [0.1, 0.15) is 28.0 Å². The zero-order valence-corrected chi connectivity index (χ0v) is 8.11. The zero-order valence-electron chi connectivity index (χ0n) is 8.11. The molecule has 0 spiro atoms. The van der Waals surface area contributed by atoms with E-state index in [2.05, 4.69) is 4.98 Å². The van der Waals surface area contributed by atoms with Gasteiger partial charge in [0.1, 0.15) is 0 Å². The predicted molar refractivity (Wildman–Crippen MR) is 49.1 cm³/mol. The third-order valence-electron chi connectivity index (χ3n) is 1.95. The monoisotopic (exact) mass is 231 g/mol.